The zero-order valence-electron chi connectivity index (χ0n) is 16.5. The van der Waals surface area contributed by atoms with Crippen LogP contribution in [0, 0.1) is 17.8 Å². The fraction of sp³-hybridized carbons (Fsp3) is 0.750. The third-order valence-corrected chi connectivity index (χ3v) is 5.47. The zero-order valence-corrected chi connectivity index (χ0v) is 16.5. The zero-order chi connectivity index (χ0) is 19.3. The van der Waals surface area contributed by atoms with Crippen molar-refractivity contribution in [3.63, 3.8) is 0 Å². The highest BCUT2D eigenvalue weighted by atomic mass is 16.2. The number of imide groups is 1. The highest BCUT2D eigenvalue weighted by Gasteiger charge is 2.51. The summed E-state index contributed by atoms with van der Waals surface area (Å²) in [7, 11) is 0. The molecule has 2 aliphatic rings. The molecule has 26 heavy (non-hydrogen) atoms. The minimum atomic E-state index is -0.697. The van der Waals surface area contributed by atoms with E-state index in [4.69, 9.17) is 0 Å². The highest BCUT2D eigenvalue weighted by Crippen LogP contribution is 2.37. The molecule has 1 aliphatic carbocycles. The van der Waals surface area contributed by atoms with Crippen LogP contribution in [0.3, 0.4) is 0 Å². The van der Waals surface area contributed by atoms with E-state index >= 15 is 0 Å². The van der Waals surface area contributed by atoms with Crippen LogP contribution in [0.2, 0.25) is 0 Å². The molecule has 0 spiro atoms. The van der Waals surface area contributed by atoms with Crippen molar-refractivity contribution in [3.8, 4) is 0 Å². The van der Waals surface area contributed by atoms with Crippen molar-refractivity contribution in [2.24, 2.45) is 17.8 Å². The minimum absolute atomic E-state index is 0.172. The van der Waals surface area contributed by atoms with E-state index in [2.05, 4.69) is 24.1 Å². The van der Waals surface area contributed by atoms with E-state index in [1.807, 2.05) is 26.0 Å². The van der Waals surface area contributed by atoms with E-state index in [1.54, 1.807) is 0 Å². The lowest BCUT2D eigenvalue weighted by atomic mass is 9.85. The molecule has 1 saturated heterocycles. The number of hydrogen-bond donors (Lipinski definition) is 1. The summed E-state index contributed by atoms with van der Waals surface area (Å²) >= 11 is 0. The van der Waals surface area contributed by atoms with Gasteiger partial charge in [0.15, 0.2) is 0 Å². The van der Waals surface area contributed by atoms with E-state index in [-0.39, 0.29) is 35.5 Å². The second kappa shape index (κ2) is 9.31. The first kappa shape index (κ1) is 20.6. The van der Waals surface area contributed by atoms with Gasteiger partial charge in [-0.25, -0.2) is 0 Å². The van der Waals surface area contributed by atoms with E-state index in [9.17, 15) is 14.4 Å². The number of carbonyl (C=O) groups is 3. The molecule has 0 radical (unpaired) electrons. The smallest absolute Gasteiger partial charge is 0.243 e. The predicted octanol–water partition coefficient (Wildman–Crippen LogP) is 1.81. The van der Waals surface area contributed by atoms with E-state index in [0.29, 0.717) is 25.8 Å². The number of nitrogens with zero attached hydrogens (tertiary/aromatic N) is 2. The third-order valence-electron chi connectivity index (χ3n) is 5.47. The first-order valence-corrected chi connectivity index (χ1v) is 9.92. The number of rotatable bonds is 9. The molecule has 1 aliphatic heterocycles. The van der Waals surface area contributed by atoms with Crippen LogP contribution in [0.4, 0.5) is 0 Å². The molecule has 1 N–H and O–H groups in total. The van der Waals surface area contributed by atoms with Crippen LogP contribution in [0.5, 0.6) is 0 Å². The molecular weight excluding hydrogens is 330 g/mol. The van der Waals surface area contributed by atoms with Crippen LogP contribution in [0.15, 0.2) is 12.2 Å². The summed E-state index contributed by atoms with van der Waals surface area (Å²) in [6.45, 7) is 11.4. The minimum Gasteiger partial charge on any atom is -0.353 e. The number of nitrogens with one attached hydrogen (secondary N) is 1. The first-order chi connectivity index (χ1) is 12.4. The summed E-state index contributed by atoms with van der Waals surface area (Å²) in [5, 5.41) is 2.94. The Kier molecular flexibility index (Phi) is 7.38. The van der Waals surface area contributed by atoms with Gasteiger partial charge in [-0.05, 0) is 38.3 Å². The van der Waals surface area contributed by atoms with Gasteiger partial charge >= 0.3 is 0 Å². The van der Waals surface area contributed by atoms with E-state index in [1.165, 1.54) is 4.90 Å². The van der Waals surface area contributed by atoms with Gasteiger partial charge < -0.3 is 10.2 Å². The molecule has 3 amide bonds. The molecular formula is C20H33N3O3. The number of carbonyl (C=O) groups excluding carboxylic acids is 3. The van der Waals surface area contributed by atoms with Crippen LogP contribution in [-0.2, 0) is 14.4 Å². The lowest BCUT2D eigenvalue weighted by Gasteiger charge is -2.28. The number of amides is 3. The standard InChI is InChI=1S/C20H33N3O3/c1-5-22(6-2)12-11-21-18(24)17(13-14(3)4)23-19(25)15-9-7-8-10-16(15)20(23)26/h7-8,14-17H,5-6,9-13H2,1-4H3,(H,21,24). The fourth-order valence-electron chi connectivity index (χ4n) is 3.90. The second-order valence-electron chi connectivity index (χ2n) is 7.67. The Morgan fingerprint density at radius 2 is 1.69 bits per heavy atom. The number of hydrogen-bond acceptors (Lipinski definition) is 4. The molecule has 0 bridgehead atoms. The summed E-state index contributed by atoms with van der Waals surface area (Å²) in [6.07, 6.45) is 5.64. The molecule has 6 heteroatoms. The lowest BCUT2D eigenvalue weighted by Crippen LogP contribution is -2.51. The Balaban J connectivity index is 2.08. The van der Waals surface area contributed by atoms with Gasteiger partial charge in [-0.15, -0.1) is 0 Å². The van der Waals surface area contributed by atoms with Gasteiger partial charge in [0.25, 0.3) is 0 Å². The molecule has 1 fully saturated rings. The van der Waals surface area contributed by atoms with Crippen LogP contribution < -0.4 is 5.32 Å². The Bertz CT molecular complexity index is 529. The monoisotopic (exact) mass is 363 g/mol. The second-order valence-corrected chi connectivity index (χ2v) is 7.67. The van der Waals surface area contributed by atoms with Crippen molar-refractivity contribution in [2.45, 2.75) is 53.0 Å². The SMILES string of the molecule is CCN(CC)CCNC(=O)C(CC(C)C)N1C(=O)C2CC=CCC2C1=O. The molecule has 146 valence electrons. The van der Waals surface area contributed by atoms with Gasteiger partial charge in [-0.3, -0.25) is 19.3 Å². The van der Waals surface area contributed by atoms with Gasteiger partial charge in [-0.2, -0.15) is 0 Å². The van der Waals surface area contributed by atoms with Crippen LogP contribution in [0.1, 0.15) is 47.0 Å². The van der Waals surface area contributed by atoms with Crippen LogP contribution in [0.25, 0.3) is 0 Å². The molecule has 3 unspecified atom stereocenters. The van der Waals surface area contributed by atoms with Gasteiger partial charge in [0.2, 0.25) is 17.7 Å². The van der Waals surface area contributed by atoms with Crippen molar-refractivity contribution in [1.29, 1.82) is 0 Å². The normalized spacial score (nSPS) is 23.7. The summed E-state index contributed by atoms with van der Waals surface area (Å²) in [5.74, 6) is -0.909. The first-order valence-electron chi connectivity index (χ1n) is 9.92. The van der Waals surface area contributed by atoms with Crippen molar-refractivity contribution in [2.75, 3.05) is 26.2 Å². The number of likely N-dealkylation sites (N-methyl/N-ethyl adjacent to an activating group) is 1. The highest BCUT2D eigenvalue weighted by molar-refractivity contribution is 6.08. The Labute approximate surface area is 157 Å². The summed E-state index contributed by atoms with van der Waals surface area (Å²) in [5.41, 5.74) is 0. The summed E-state index contributed by atoms with van der Waals surface area (Å²) in [4.78, 5) is 42.0. The predicted molar refractivity (Wildman–Crippen MR) is 101 cm³/mol. The van der Waals surface area contributed by atoms with Gasteiger partial charge in [0.1, 0.15) is 6.04 Å². The molecule has 0 saturated carbocycles. The quantitative estimate of drug-likeness (QED) is 0.501. The molecule has 0 aromatic carbocycles. The maximum absolute atomic E-state index is 12.8. The summed E-state index contributed by atoms with van der Waals surface area (Å²) < 4.78 is 0. The van der Waals surface area contributed by atoms with Crippen molar-refractivity contribution in [3.05, 3.63) is 12.2 Å². The largest absolute Gasteiger partial charge is 0.353 e. The number of fused-ring (bicyclic) bond motifs is 1. The number of allylic oxidation sites excluding steroid dienone is 2. The average Bonchev–Trinajstić information content (AvgIpc) is 2.88. The molecule has 0 aromatic heterocycles. The number of likely N-dealkylation sites (tertiary alicyclic amines) is 1. The average molecular weight is 364 g/mol. The lowest BCUT2D eigenvalue weighted by molar-refractivity contribution is -0.148. The molecule has 2 rings (SSSR count). The fourth-order valence-corrected chi connectivity index (χ4v) is 3.90. The van der Waals surface area contributed by atoms with Crippen molar-refractivity contribution < 1.29 is 14.4 Å². The van der Waals surface area contributed by atoms with Gasteiger partial charge in [0, 0.05) is 13.1 Å². The van der Waals surface area contributed by atoms with Crippen LogP contribution in [-0.4, -0.2) is 59.7 Å². The van der Waals surface area contributed by atoms with Gasteiger partial charge in [0.05, 0.1) is 11.8 Å². The molecule has 1 heterocycles. The van der Waals surface area contributed by atoms with E-state index < -0.39 is 6.04 Å². The Hall–Kier alpha value is -1.69. The third kappa shape index (κ3) is 4.53. The van der Waals surface area contributed by atoms with Crippen molar-refractivity contribution in [1.82, 2.24) is 15.1 Å². The van der Waals surface area contributed by atoms with Crippen molar-refractivity contribution >= 4 is 17.7 Å². The Morgan fingerprint density at radius 3 is 2.15 bits per heavy atom. The van der Waals surface area contributed by atoms with Crippen LogP contribution >= 0.6 is 0 Å². The topological polar surface area (TPSA) is 69.7 Å². The molecule has 0 aromatic rings. The maximum Gasteiger partial charge on any atom is 0.243 e. The Morgan fingerprint density at radius 1 is 1.15 bits per heavy atom. The van der Waals surface area contributed by atoms with E-state index in [0.717, 1.165) is 19.6 Å². The molecule has 3 atom stereocenters. The summed E-state index contributed by atoms with van der Waals surface area (Å²) in [6, 6.07) is -0.697. The van der Waals surface area contributed by atoms with Gasteiger partial charge in [-0.1, -0.05) is 39.8 Å². The molecule has 6 nitrogen and oxygen atoms in total. The maximum atomic E-state index is 12.8.